The fraction of sp³-hybridized carbons (Fsp3) is 0.571. The smallest absolute Gasteiger partial charge is 0.254 e. The summed E-state index contributed by atoms with van der Waals surface area (Å²) in [4.78, 5) is 15.5. The molecule has 0 bridgehead atoms. The SMILES string of the molecule is CCC1CCCCC1Oc1ncc(N)cc1C(N)=O. The van der Waals surface area contributed by atoms with Gasteiger partial charge in [0.05, 0.1) is 11.9 Å². The van der Waals surface area contributed by atoms with Crippen LogP contribution in [0.1, 0.15) is 49.4 Å². The fourth-order valence-electron chi connectivity index (χ4n) is 2.68. The van der Waals surface area contributed by atoms with Gasteiger partial charge in [-0.3, -0.25) is 4.79 Å². The normalized spacial score (nSPS) is 23.0. The lowest BCUT2D eigenvalue weighted by molar-refractivity contribution is 0.0823. The molecule has 0 aromatic carbocycles. The maximum Gasteiger partial charge on any atom is 0.254 e. The lowest BCUT2D eigenvalue weighted by atomic mass is 9.85. The fourth-order valence-corrected chi connectivity index (χ4v) is 2.68. The Morgan fingerprint density at radius 1 is 1.47 bits per heavy atom. The van der Waals surface area contributed by atoms with Crippen molar-refractivity contribution in [2.45, 2.75) is 45.1 Å². The van der Waals surface area contributed by atoms with Crippen LogP contribution in [-0.2, 0) is 0 Å². The van der Waals surface area contributed by atoms with E-state index < -0.39 is 5.91 Å². The zero-order chi connectivity index (χ0) is 13.8. The van der Waals surface area contributed by atoms with Crippen LogP contribution >= 0.6 is 0 Å². The minimum Gasteiger partial charge on any atom is -0.473 e. The summed E-state index contributed by atoms with van der Waals surface area (Å²) in [5.41, 5.74) is 11.6. The number of nitrogens with zero attached hydrogens (tertiary/aromatic N) is 1. The number of nitrogens with two attached hydrogens (primary N) is 2. The van der Waals surface area contributed by atoms with E-state index in [4.69, 9.17) is 16.2 Å². The van der Waals surface area contributed by atoms with E-state index in [-0.39, 0.29) is 11.7 Å². The Bertz CT molecular complexity index is 462. The zero-order valence-corrected chi connectivity index (χ0v) is 11.3. The molecule has 1 aromatic rings. The summed E-state index contributed by atoms with van der Waals surface area (Å²) in [6.45, 7) is 2.16. The second-order valence-corrected chi connectivity index (χ2v) is 5.09. The molecule has 1 aliphatic carbocycles. The van der Waals surface area contributed by atoms with Gasteiger partial charge in [-0.25, -0.2) is 4.98 Å². The first kappa shape index (κ1) is 13.6. The number of pyridine rings is 1. The quantitative estimate of drug-likeness (QED) is 0.870. The van der Waals surface area contributed by atoms with Crippen LogP contribution in [0.5, 0.6) is 5.88 Å². The Kier molecular flexibility index (Phi) is 4.24. The molecule has 19 heavy (non-hydrogen) atoms. The first-order valence-electron chi connectivity index (χ1n) is 6.83. The summed E-state index contributed by atoms with van der Waals surface area (Å²) in [6, 6.07) is 1.52. The number of primary amides is 1. The lowest BCUT2D eigenvalue weighted by Crippen LogP contribution is -2.31. The number of carbonyl (C=O) groups excluding carboxylic acids is 1. The maximum absolute atomic E-state index is 11.4. The molecule has 1 amide bonds. The van der Waals surface area contributed by atoms with Crippen molar-refractivity contribution in [1.29, 1.82) is 0 Å². The minimum absolute atomic E-state index is 0.118. The van der Waals surface area contributed by atoms with Gasteiger partial charge in [-0.1, -0.05) is 13.3 Å². The molecule has 2 unspecified atom stereocenters. The molecule has 0 radical (unpaired) electrons. The van der Waals surface area contributed by atoms with Crippen molar-refractivity contribution in [3.05, 3.63) is 17.8 Å². The standard InChI is InChI=1S/C14H21N3O2/c1-2-9-5-3-4-6-12(9)19-14-11(13(16)18)7-10(15)8-17-14/h7-9,12H,2-6,15H2,1H3,(H2,16,18). The molecule has 0 saturated heterocycles. The van der Waals surface area contributed by atoms with Gasteiger partial charge in [0.15, 0.2) is 0 Å². The van der Waals surface area contributed by atoms with Crippen LogP contribution in [0.2, 0.25) is 0 Å². The van der Waals surface area contributed by atoms with E-state index in [9.17, 15) is 4.79 Å². The topological polar surface area (TPSA) is 91.2 Å². The molecule has 1 fully saturated rings. The molecule has 2 atom stereocenters. The summed E-state index contributed by atoms with van der Waals surface area (Å²) in [5, 5.41) is 0. The third-order valence-electron chi connectivity index (χ3n) is 3.76. The molecule has 0 aliphatic heterocycles. The predicted molar refractivity (Wildman–Crippen MR) is 73.8 cm³/mol. The van der Waals surface area contributed by atoms with Crippen molar-refractivity contribution < 1.29 is 9.53 Å². The van der Waals surface area contributed by atoms with Gasteiger partial charge < -0.3 is 16.2 Å². The van der Waals surface area contributed by atoms with Crippen LogP contribution in [0.4, 0.5) is 5.69 Å². The second-order valence-electron chi connectivity index (χ2n) is 5.09. The van der Waals surface area contributed by atoms with Gasteiger partial charge in [0.1, 0.15) is 11.7 Å². The van der Waals surface area contributed by atoms with Crippen molar-refractivity contribution >= 4 is 11.6 Å². The Morgan fingerprint density at radius 3 is 2.89 bits per heavy atom. The van der Waals surface area contributed by atoms with E-state index in [1.165, 1.54) is 25.1 Å². The second kappa shape index (κ2) is 5.91. The maximum atomic E-state index is 11.4. The number of ether oxygens (including phenoxy) is 1. The molecule has 1 aromatic heterocycles. The lowest BCUT2D eigenvalue weighted by Gasteiger charge is -2.31. The van der Waals surface area contributed by atoms with E-state index in [2.05, 4.69) is 11.9 Å². The largest absolute Gasteiger partial charge is 0.473 e. The molecular formula is C14H21N3O2. The molecule has 2 rings (SSSR count). The molecular weight excluding hydrogens is 242 g/mol. The third kappa shape index (κ3) is 3.16. The Morgan fingerprint density at radius 2 is 2.21 bits per heavy atom. The van der Waals surface area contributed by atoms with Gasteiger partial charge in [0.2, 0.25) is 5.88 Å². The van der Waals surface area contributed by atoms with Crippen molar-refractivity contribution in [2.24, 2.45) is 11.7 Å². The van der Waals surface area contributed by atoms with Crippen LogP contribution in [0, 0.1) is 5.92 Å². The first-order chi connectivity index (χ1) is 9.11. The number of anilines is 1. The monoisotopic (exact) mass is 263 g/mol. The van der Waals surface area contributed by atoms with Crippen molar-refractivity contribution in [1.82, 2.24) is 4.98 Å². The van der Waals surface area contributed by atoms with Crippen LogP contribution in [0.25, 0.3) is 0 Å². The molecule has 5 nitrogen and oxygen atoms in total. The summed E-state index contributed by atoms with van der Waals surface area (Å²) < 4.78 is 5.94. The van der Waals surface area contributed by atoms with E-state index in [0.29, 0.717) is 17.5 Å². The molecule has 0 spiro atoms. The van der Waals surface area contributed by atoms with Crippen LogP contribution in [0.15, 0.2) is 12.3 Å². The Labute approximate surface area is 113 Å². The van der Waals surface area contributed by atoms with E-state index in [1.807, 2.05) is 0 Å². The molecule has 1 saturated carbocycles. The van der Waals surface area contributed by atoms with E-state index in [1.54, 1.807) is 0 Å². The number of nitrogen functional groups attached to an aromatic ring is 1. The first-order valence-corrected chi connectivity index (χ1v) is 6.83. The van der Waals surface area contributed by atoms with Gasteiger partial charge in [-0.2, -0.15) is 0 Å². The number of aromatic nitrogens is 1. The minimum atomic E-state index is -0.557. The third-order valence-corrected chi connectivity index (χ3v) is 3.76. The van der Waals surface area contributed by atoms with Gasteiger partial charge in [-0.15, -0.1) is 0 Å². The van der Waals surface area contributed by atoms with Crippen LogP contribution in [0.3, 0.4) is 0 Å². The van der Waals surface area contributed by atoms with E-state index >= 15 is 0 Å². The highest BCUT2D eigenvalue weighted by Crippen LogP contribution is 2.31. The molecule has 1 heterocycles. The van der Waals surface area contributed by atoms with Gasteiger partial charge in [0, 0.05) is 0 Å². The molecule has 4 N–H and O–H groups in total. The number of amides is 1. The number of carbonyl (C=O) groups is 1. The Hall–Kier alpha value is -1.78. The van der Waals surface area contributed by atoms with Gasteiger partial charge >= 0.3 is 0 Å². The molecule has 5 heteroatoms. The van der Waals surface area contributed by atoms with Gasteiger partial charge in [0.25, 0.3) is 5.91 Å². The summed E-state index contributed by atoms with van der Waals surface area (Å²) in [5.74, 6) is 0.277. The summed E-state index contributed by atoms with van der Waals surface area (Å²) in [7, 11) is 0. The van der Waals surface area contributed by atoms with Crippen LogP contribution < -0.4 is 16.2 Å². The highest BCUT2D eigenvalue weighted by atomic mass is 16.5. The molecule has 104 valence electrons. The van der Waals surface area contributed by atoms with Crippen molar-refractivity contribution in [2.75, 3.05) is 5.73 Å². The Balaban J connectivity index is 2.20. The number of hydrogen-bond acceptors (Lipinski definition) is 4. The average Bonchev–Trinajstić information content (AvgIpc) is 2.41. The number of rotatable bonds is 4. The average molecular weight is 263 g/mol. The zero-order valence-electron chi connectivity index (χ0n) is 11.3. The van der Waals surface area contributed by atoms with Crippen molar-refractivity contribution in [3.8, 4) is 5.88 Å². The summed E-state index contributed by atoms with van der Waals surface area (Å²) >= 11 is 0. The van der Waals surface area contributed by atoms with Gasteiger partial charge in [-0.05, 0) is 37.7 Å². The summed E-state index contributed by atoms with van der Waals surface area (Å²) in [6.07, 6.45) is 7.26. The molecule has 1 aliphatic rings. The van der Waals surface area contributed by atoms with Crippen molar-refractivity contribution in [3.63, 3.8) is 0 Å². The van der Waals surface area contributed by atoms with Crippen LogP contribution in [-0.4, -0.2) is 17.0 Å². The number of hydrogen-bond donors (Lipinski definition) is 2. The highest BCUT2D eigenvalue weighted by molar-refractivity contribution is 5.95. The van der Waals surface area contributed by atoms with E-state index in [0.717, 1.165) is 19.3 Å². The predicted octanol–water partition coefficient (Wildman–Crippen LogP) is 2.11. The highest BCUT2D eigenvalue weighted by Gasteiger charge is 2.27.